The fourth-order valence-electron chi connectivity index (χ4n) is 2.87. The Hall–Kier alpha value is -2.80. The molecule has 2 heterocycles. The van der Waals surface area contributed by atoms with Crippen LogP contribution in [0.5, 0.6) is 5.75 Å². The van der Waals surface area contributed by atoms with Gasteiger partial charge in [-0.15, -0.1) is 0 Å². The second-order valence-corrected chi connectivity index (χ2v) is 6.25. The first kappa shape index (κ1) is 18.0. The number of amides is 1. The number of nitrogens with zero attached hydrogens (tertiary/aromatic N) is 1. The molecule has 3 rings (SSSR count). The SMILES string of the molecule is Cc1ccc(OCc2ccc(C(=O)N3CCOCC3C(=O)O)o2)c(C)c1. The van der Waals surface area contributed by atoms with Crippen LogP contribution in [0.1, 0.15) is 27.4 Å². The first-order valence-electron chi connectivity index (χ1n) is 8.36. The minimum absolute atomic E-state index is 0.0234. The fourth-order valence-corrected chi connectivity index (χ4v) is 2.87. The normalized spacial score (nSPS) is 17.2. The maximum Gasteiger partial charge on any atom is 0.328 e. The maximum atomic E-state index is 12.6. The van der Waals surface area contributed by atoms with Crippen molar-refractivity contribution in [1.29, 1.82) is 0 Å². The molecule has 0 radical (unpaired) electrons. The number of carboxylic acid groups (broad SMARTS) is 1. The van der Waals surface area contributed by atoms with Gasteiger partial charge in [0.05, 0.1) is 13.2 Å². The topological polar surface area (TPSA) is 89.2 Å². The van der Waals surface area contributed by atoms with Gasteiger partial charge >= 0.3 is 5.97 Å². The van der Waals surface area contributed by atoms with Gasteiger partial charge in [0, 0.05) is 6.54 Å². The van der Waals surface area contributed by atoms with Crippen molar-refractivity contribution in [2.45, 2.75) is 26.5 Å². The second-order valence-electron chi connectivity index (χ2n) is 6.25. The van der Waals surface area contributed by atoms with Crippen LogP contribution in [-0.4, -0.2) is 47.7 Å². The smallest absolute Gasteiger partial charge is 0.328 e. The molecule has 0 saturated carbocycles. The Morgan fingerprint density at radius 3 is 2.81 bits per heavy atom. The van der Waals surface area contributed by atoms with Crippen LogP contribution in [0.25, 0.3) is 0 Å². The highest BCUT2D eigenvalue weighted by atomic mass is 16.5. The molecule has 1 aromatic carbocycles. The van der Waals surface area contributed by atoms with Gasteiger partial charge in [0.15, 0.2) is 11.8 Å². The molecule has 1 aromatic heterocycles. The van der Waals surface area contributed by atoms with Gasteiger partial charge in [-0.3, -0.25) is 4.79 Å². The predicted molar refractivity (Wildman–Crippen MR) is 92.2 cm³/mol. The van der Waals surface area contributed by atoms with Gasteiger partial charge in [0.25, 0.3) is 5.91 Å². The van der Waals surface area contributed by atoms with Gasteiger partial charge in [-0.25, -0.2) is 4.79 Å². The molecule has 7 heteroatoms. The van der Waals surface area contributed by atoms with Crippen molar-refractivity contribution in [3.63, 3.8) is 0 Å². The quantitative estimate of drug-likeness (QED) is 0.882. The Labute approximate surface area is 151 Å². The van der Waals surface area contributed by atoms with Crippen molar-refractivity contribution in [2.75, 3.05) is 19.8 Å². The van der Waals surface area contributed by atoms with Gasteiger partial charge < -0.3 is 23.9 Å². The van der Waals surface area contributed by atoms with E-state index in [4.69, 9.17) is 13.9 Å². The molecule has 1 unspecified atom stereocenters. The highest BCUT2D eigenvalue weighted by Gasteiger charge is 2.34. The number of aryl methyl sites for hydroxylation is 2. The van der Waals surface area contributed by atoms with Crippen LogP contribution < -0.4 is 4.74 Å². The zero-order valence-corrected chi connectivity index (χ0v) is 14.7. The summed E-state index contributed by atoms with van der Waals surface area (Å²) in [4.78, 5) is 25.1. The van der Waals surface area contributed by atoms with Crippen LogP contribution in [0.2, 0.25) is 0 Å². The third-order valence-corrected chi connectivity index (χ3v) is 4.25. The van der Waals surface area contributed by atoms with E-state index in [1.165, 1.54) is 11.0 Å². The summed E-state index contributed by atoms with van der Waals surface area (Å²) in [5.74, 6) is -0.216. The number of hydrogen-bond acceptors (Lipinski definition) is 5. The van der Waals surface area contributed by atoms with E-state index in [1.807, 2.05) is 32.0 Å². The summed E-state index contributed by atoms with van der Waals surface area (Å²) in [6.07, 6.45) is 0. The molecule has 26 heavy (non-hydrogen) atoms. The first-order valence-corrected chi connectivity index (χ1v) is 8.36. The van der Waals surface area contributed by atoms with Gasteiger partial charge in [-0.05, 0) is 37.6 Å². The van der Waals surface area contributed by atoms with E-state index >= 15 is 0 Å². The zero-order valence-electron chi connectivity index (χ0n) is 14.7. The third-order valence-electron chi connectivity index (χ3n) is 4.25. The van der Waals surface area contributed by atoms with Gasteiger partial charge in [0.1, 0.15) is 18.1 Å². The molecule has 1 atom stereocenters. The Kier molecular flexibility index (Phi) is 5.27. The van der Waals surface area contributed by atoms with Crippen LogP contribution in [0.15, 0.2) is 34.7 Å². The van der Waals surface area contributed by atoms with Crippen LogP contribution in [0.3, 0.4) is 0 Å². The number of hydrogen-bond donors (Lipinski definition) is 1. The molecule has 0 bridgehead atoms. The summed E-state index contributed by atoms with van der Waals surface area (Å²) < 4.78 is 16.5. The highest BCUT2D eigenvalue weighted by Crippen LogP contribution is 2.21. The van der Waals surface area contributed by atoms with Crippen molar-refractivity contribution in [1.82, 2.24) is 4.90 Å². The summed E-state index contributed by atoms with van der Waals surface area (Å²) >= 11 is 0. The van der Waals surface area contributed by atoms with Crippen molar-refractivity contribution in [3.05, 3.63) is 53.0 Å². The lowest BCUT2D eigenvalue weighted by Gasteiger charge is -2.32. The predicted octanol–water partition coefficient (Wildman–Crippen LogP) is 2.40. The monoisotopic (exact) mass is 359 g/mol. The van der Waals surface area contributed by atoms with E-state index in [9.17, 15) is 14.7 Å². The van der Waals surface area contributed by atoms with Gasteiger partial charge in [-0.1, -0.05) is 17.7 Å². The van der Waals surface area contributed by atoms with Crippen LogP contribution in [-0.2, 0) is 16.1 Å². The Morgan fingerprint density at radius 1 is 1.27 bits per heavy atom. The van der Waals surface area contributed by atoms with Crippen LogP contribution >= 0.6 is 0 Å². The van der Waals surface area contributed by atoms with Gasteiger partial charge in [-0.2, -0.15) is 0 Å². The molecule has 1 saturated heterocycles. The molecule has 1 amide bonds. The molecule has 1 N–H and O–H groups in total. The number of carboxylic acids is 1. The molecule has 7 nitrogen and oxygen atoms in total. The number of ether oxygens (including phenoxy) is 2. The van der Waals surface area contributed by atoms with Crippen molar-refractivity contribution in [2.24, 2.45) is 0 Å². The Bertz CT molecular complexity index is 812. The van der Waals surface area contributed by atoms with Crippen molar-refractivity contribution >= 4 is 11.9 Å². The van der Waals surface area contributed by atoms with E-state index < -0.39 is 17.9 Å². The number of carbonyl (C=O) groups excluding carboxylic acids is 1. The number of rotatable bonds is 5. The molecular formula is C19H21NO6. The molecule has 138 valence electrons. The standard InChI is InChI=1S/C19H21NO6/c1-12-3-5-16(13(2)9-12)25-10-14-4-6-17(26-14)18(21)20-7-8-24-11-15(20)19(22)23/h3-6,9,15H,7-8,10-11H2,1-2H3,(H,22,23). The minimum atomic E-state index is -1.09. The molecule has 1 aliphatic heterocycles. The number of aliphatic carboxylic acids is 1. The summed E-state index contributed by atoms with van der Waals surface area (Å²) in [6, 6.07) is 8.08. The lowest BCUT2D eigenvalue weighted by atomic mass is 10.1. The van der Waals surface area contributed by atoms with E-state index in [0.717, 1.165) is 16.9 Å². The first-order chi connectivity index (χ1) is 12.5. The lowest BCUT2D eigenvalue weighted by molar-refractivity contribution is -0.147. The lowest BCUT2D eigenvalue weighted by Crippen LogP contribution is -2.52. The van der Waals surface area contributed by atoms with E-state index in [0.29, 0.717) is 12.4 Å². The van der Waals surface area contributed by atoms with E-state index in [-0.39, 0.29) is 25.5 Å². The van der Waals surface area contributed by atoms with Crippen molar-refractivity contribution < 1.29 is 28.6 Å². The number of morpholine rings is 1. The van der Waals surface area contributed by atoms with Crippen molar-refractivity contribution in [3.8, 4) is 5.75 Å². The molecule has 1 fully saturated rings. The summed E-state index contributed by atoms with van der Waals surface area (Å²) in [5.41, 5.74) is 2.17. The van der Waals surface area contributed by atoms with Crippen LogP contribution in [0.4, 0.5) is 0 Å². The summed E-state index contributed by atoms with van der Waals surface area (Å²) in [7, 11) is 0. The number of carbonyl (C=O) groups is 2. The Balaban J connectivity index is 1.67. The fraction of sp³-hybridized carbons (Fsp3) is 0.368. The van der Waals surface area contributed by atoms with Crippen LogP contribution in [0, 0.1) is 13.8 Å². The molecule has 2 aromatic rings. The average molecular weight is 359 g/mol. The largest absolute Gasteiger partial charge is 0.485 e. The Morgan fingerprint density at radius 2 is 2.08 bits per heavy atom. The second kappa shape index (κ2) is 7.61. The molecule has 0 aliphatic carbocycles. The molecular weight excluding hydrogens is 338 g/mol. The minimum Gasteiger partial charge on any atom is -0.485 e. The van der Waals surface area contributed by atoms with Gasteiger partial charge in [0.2, 0.25) is 0 Å². The number of benzene rings is 1. The molecule has 0 spiro atoms. The molecule has 1 aliphatic rings. The zero-order chi connectivity index (χ0) is 18.7. The maximum absolute atomic E-state index is 12.6. The summed E-state index contributed by atoms with van der Waals surface area (Å²) in [5, 5.41) is 9.24. The highest BCUT2D eigenvalue weighted by molar-refractivity contribution is 5.94. The number of furan rings is 1. The van der Waals surface area contributed by atoms with E-state index in [2.05, 4.69) is 0 Å². The third kappa shape index (κ3) is 3.88. The average Bonchev–Trinajstić information content (AvgIpc) is 3.09. The summed E-state index contributed by atoms with van der Waals surface area (Å²) in [6.45, 7) is 4.65. The van der Waals surface area contributed by atoms with E-state index in [1.54, 1.807) is 6.07 Å².